The molecule has 0 aliphatic carbocycles. The molecule has 4 N–H and O–H groups in total. The van der Waals surface area contributed by atoms with Gasteiger partial charge in [0.15, 0.2) is 0 Å². The van der Waals surface area contributed by atoms with Gasteiger partial charge in [-0.15, -0.1) is 0 Å². The van der Waals surface area contributed by atoms with Gasteiger partial charge < -0.3 is 19.9 Å². The average molecular weight is 513 g/mol. The molecule has 0 fully saturated rings. The van der Waals surface area contributed by atoms with E-state index in [1.807, 2.05) is 0 Å². The molecular weight excluding hydrogens is 488 g/mol. The number of H-pyrrole nitrogens is 4. The van der Waals surface area contributed by atoms with Crippen molar-refractivity contribution < 1.29 is 0 Å². The van der Waals surface area contributed by atoms with E-state index in [2.05, 4.69) is 141 Å². The van der Waals surface area contributed by atoms with E-state index in [9.17, 15) is 0 Å². The fourth-order valence-corrected chi connectivity index (χ4v) is 6.42. The predicted molar refractivity (Wildman–Crippen MR) is 166 cm³/mol. The van der Waals surface area contributed by atoms with Gasteiger partial charge in [0.25, 0.3) is 0 Å². The Hall–Kier alpha value is -5.48. The van der Waals surface area contributed by atoms with Crippen LogP contribution >= 0.6 is 0 Å². The third kappa shape index (κ3) is 3.07. The SMILES string of the molecule is C1=c2[nH]c(c3ccccc23)=Cc2[nH]c(c3ccccc23)C=c2[nH]c(c3ccccc23)=Cc2[nH]c1c1ccccc21. The first-order chi connectivity index (χ1) is 19.8. The monoisotopic (exact) mass is 512 g/mol. The standard InChI is InChI=1S/C36H24N4/c1-2-10-22-21(9-1)29-17-31-23-11-3-4-12-24(23)33(38-31)19-35-27-15-7-8-16-28(27)36(40-35)20-34-26-14-6-5-13-25(26)32(39-34)18-30(22)37-29/h1-20,37-40H. The molecule has 4 heteroatoms. The second kappa shape index (κ2) is 8.01. The fourth-order valence-electron chi connectivity index (χ4n) is 6.42. The molecule has 0 radical (unpaired) electrons. The summed E-state index contributed by atoms with van der Waals surface area (Å²) in [4.78, 5) is 15.0. The molecule has 0 amide bonds. The van der Waals surface area contributed by atoms with Crippen LogP contribution in [-0.2, 0) is 0 Å². The number of rotatable bonds is 0. The molecule has 5 heterocycles. The van der Waals surface area contributed by atoms with Crippen molar-refractivity contribution in [1.29, 1.82) is 0 Å². The van der Waals surface area contributed by atoms with Gasteiger partial charge in [-0.1, -0.05) is 97.1 Å². The van der Waals surface area contributed by atoms with Crippen LogP contribution < -0.4 is 21.4 Å². The zero-order valence-electron chi connectivity index (χ0n) is 21.5. The van der Waals surface area contributed by atoms with E-state index in [1.54, 1.807) is 0 Å². The summed E-state index contributed by atoms with van der Waals surface area (Å²) in [7, 11) is 0. The molecule has 0 unspecified atom stereocenters. The molecule has 8 bridgehead atoms. The van der Waals surface area contributed by atoms with Gasteiger partial charge in [0, 0.05) is 87.3 Å². The van der Waals surface area contributed by atoms with Crippen molar-refractivity contribution in [3.63, 3.8) is 0 Å². The highest BCUT2D eigenvalue weighted by atomic mass is 14.8. The minimum atomic E-state index is 1.09. The topological polar surface area (TPSA) is 63.2 Å². The van der Waals surface area contributed by atoms with Gasteiger partial charge in [0.1, 0.15) is 0 Å². The Kier molecular flexibility index (Phi) is 4.30. The summed E-state index contributed by atoms with van der Waals surface area (Å²) in [6.07, 6.45) is 8.98. The van der Waals surface area contributed by atoms with Crippen LogP contribution in [-0.4, -0.2) is 19.9 Å². The molecule has 40 heavy (non-hydrogen) atoms. The Bertz CT molecular complexity index is 2200. The number of aromatic amines is 4. The van der Waals surface area contributed by atoms with Crippen molar-refractivity contribution in [2.24, 2.45) is 0 Å². The minimum Gasteiger partial charge on any atom is -0.354 e. The van der Waals surface area contributed by atoms with Crippen molar-refractivity contribution in [2.75, 3.05) is 0 Å². The molecule has 188 valence electrons. The summed E-state index contributed by atoms with van der Waals surface area (Å²) in [6, 6.07) is 34.4. The summed E-state index contributed by atoms with van der Waals surface area (Å²) in [6.45, 7) is 0. The molecule has 0 saturated heterocycles. The van der Waals surface area contributed by atoms with E-state index in [0.29, 0.717) is 0 Å². The quantitative estimate of drug-likeness (QED) is 0.215. The van der Waals surface area contributed by atoms with Gasteiger partial charge in [-0.25, -0.2) is 0 Å². The number of nitrogens with one attached hydrogen (secondary N) is 4. The predicted octanol–water partition coefficient (Wildman–Crippen LogP) is 5.24. The Labute approximate surface area is 228 Å². The van der Waals surface area contributed by atoms with Gasteiger partial charge in [0.2, 0.25) is 0 Å². The molecular formula is C36H24N4. The summed E-state index contributed by atoms with van der Waals surface area (Å²) in [5, 5.41) is 13.9. The minimum absolute atomic E-state index is 1.09. The number of fused-ring (bicyclic) bond motifs is 20. The molecule has 0 atom stereocenters. The second-order valence-corrected chi connectivity index (χ2v) is 10.6. The Morgan fingerprint density at radius 2 is 0.475 bits per heavy atom. The Morgan fingerprint density at radius 3 is 0.725 bits per heavy atom. The highest BCUT2D eigenvalue weighted by molar-refractivity contribution is 6.00. The summed E-state index contributed by atoms with van der Waals surface area (Å²) >= 11 is 0. The molecule has 1 aliphatic heterocycles. The first kappa shape index (κ1) is 21.5. The van der Waals surface area contributed by atoms with E-state index >= 15 is 0 Å². The average Bonchev–Trinajstić information content (AvgIpc) is 3.73. The highest BCUT2D eigenvalue weighted by Gasteiger charge is 2.12. The van der Waals surface area contributed by atoms with E-state index in [4.69, 9.17) is 0 Å². The smallest absolute Gasteiger partial charge is 0.0485 e. The number of hydrogen-bond donors (Lipinski definition) is 4. The molecule has 9 rings (SSSR count). The van der Waals surface area contributed by atoms with E-state index in [0.717, 1.165) is 44.2 Å². The van der Waals surface area contributed by atoms with Gasteiger partial charge in [-0.2, -0.15) is 0 Å². The second-order valence-electron chi connectivity index (χ2n) is 10.6. The lowest BCUT2D eigenvalue weighted by Gasteiger charge is -1.92. The summed E-state index contributed by atoms with van der Waals surface area (Å²) < 4.78 is 0. The molecule has 0 saturated carbocycles. The van der Waals surface area contributed by atoms with Gasteiger partial charge in [-0.05, 0) is 24.3 Å². The van der Waals surface area contributed by atoms with Crippen LogP contribution in [0, 0.1) is 0 Å². The fraction of sp³-hybridized carbons (Fsp3) is 0. The summed E-state index contributed by atoms with van der Waals surface area (Å²) in [5.41, 5.74) is 4.34. The van der Waals surface area contributed by atoms with Crippen LogP contribution in [0.1, 0.15) is 22.8 Å². The first-order valence-corrected chi connectivity index (χ1v) is 13.6. The van der Waals surface area contributed by atoms with Gasteiger partial charge >= 0.3 is 0 Å². The normalized spacial score (nSPS) is 12.8. The van der Waals surface area contributed by atoms with Gasteiger partial charge in [-0.3, -0.25) is 0 Å². The van der Waals surface area contributed by atoms with Crippen LogP contribution in [0.2, 0.25) is 0 Å². The van der Waals surface area contributed by atoms with Crippen LogP contribution in [0.25, 0.3) is 67.4 Å². The molecule has 1 aliphatic rings. The molecule has 8 aromatic rings. The van der Waals surface area contributed by atoms with Crippen molar-refractivity contribution in [3.8, 4) is 0 Å². The third-order valence-electron chi connectivity index (χ3n) is 8.26. The number of hydrogen-bond acceptors (Lipinski definition) is 0. The number of benzene rings is 4. The van der Waals surface area contributed by atoms with Crippen LogP contribution in [0.15, 0.2) is 97.1 Å². The Morgan fingerprint density at radius 1 is 0.250 bits per heavy atom. The maximum absolute atomic E-state index is 3.75. The molecule has 4 nitrogen and oxygen atoms in total. The maximum atomic E-state index is 3.75. The largest absolute Gasteiger partial charge is 0.354 e. The lowest BCUT2D eigenvalue weighted by Crippen LogP contribution is -2.11. The molecule has 4 aromatic heterocycles. The van der Waals surface area contributed by atoms with Crippen molar-refractivity contribution in [3.05, 3.63) is 141 Å². The molecule has 0 spiro atoms. The summed E-state index contributed by atoms with van der Waals surface area (Å²) in [5.74, 6) is 0. The van der Waals surface area contributed by atoms with Crippen LogP contribution in [0.5, 0.6) is 0 Å². The van der Waals surface area contributed by atoms with Crippen LogP contribution in [0.3, 0.4) is 0 Å². The first-order valence-electron chi connectivity index (χ1n) is 13.6. The maximum Gasteiger partial charge on any atom is 0.0485 e. The van der Waals surface area contributed by atoms with Crippen molar-refractivity contribution >= 4 is 67.4 Å². The van der Waals surface area contributed by atoms with Crippen molar-refractivity contribution in [1.82, 2.24) is 19.9 Å². The van der Waals surface area contributed by atoms with Crippen molar-refractivity contribution in [2.45, 2.75) is 0 Å². The van der Waals surface area contributed by atoms with E-state index < -0.39 is 0 Å². The highest BCUT2D eigenvalue weighted by Crippen LogP contribution is 2.26. The number of aromatic nitrogens is 4. The zero-order valence-corrected chi connectivity index (χ0v) is 21.5. The Balaban J connectivity index is 1.51. The van der Waals surface area contributed by atoms with Crippen LogP contribution in [0.4, 0.5) is 0 Å². The van der Waals surface area contributed by atoms with E-state index in [-0.39, 0.29) is 0 Å². The zero-order chi connectivity index (χ0) is 26.2. The third-order valence-corrected chi connectivity index (χ3v) is 8.26. The lowest BCUT2D eigenvalue weighted by atomic mass is 10.1. The van der Waals surface area contributed by atoms with E-state index in [1.165, 1.54) is 43.1 Å². The molecule has 4 aromatic carbocycles. The van der Waals surface area contributed by atoms with Gasteiger partial charge in [0.05, 0.1) is 0 Å². The lowest BCUT2D eigenvalue weighted by molar-refractivity contribution is 1.25.